The van der Waals surface area contributed by atoms with Crippen LogP contribution in [0.3, 0.4) is 0 Å². The average molecular weight is 292 g/mol. The zero-order valence-corrected chi connectivity index (χ0v) is 13.0. The van der Waals surface area contributed by atoms with E-state index in [1.165, 1.54) is 49.2 Å². The summed E-state index contributed by atoms with van der Waals surface area (Å²) in [4.78, 5) is 2.70. The first-order valence-corrected chi connectivity index (χ1v) is 8.51. The molecule has 22 heavy (non-hydrogen) atoms. The SMILES string of the molecule is c1ccc(NCC2c3ccccc3CCN2CC2CC2)cc1. The first kappa shape index (κ1) is 13.8. The molecule has 0 spiro atoms. The van der Waals surface area contributed by atoms with Crippen LogP contribution in [0, 0.1) is 5.92 Å². The molecule has 1 N–H and O–H groups in total. The maximum Gasteiger partial charge on any atom is 0.0523 e. The van der Waals surface area contributed by atoms with E-state index < -0.39 is 0 Å². The Kier molecular flexibility index (Phi) is 3.86. The van der Waals surface area contributed by atoms with Crippen LogP contribution in [-0.2, 0) is 6.42 Å². The second-order valence-electron chi connectivity index (χ2n) is 6.65. The number of fused-ring (bicyclic) bond motifs is 1. The fourth-order valence-corrected chi connectivity index (χ4v) is 3.56. The Morgan fingerprint density at radius 3 is 2.55 bits per heavy atom. The van der Waals surface area contributed by atoms with Gasteiger partial charge >= 0.3 is 0 Å². The third kappa shape index (κ3) is 3.02. The van der Waals surface area contributed by atoms with E-state index >= 15 is 0 Å². The van der Waals surface area contributed by atoms with E-state index in [4.69, 9.17) is 0 Å². The molecule has 2 aliphatic rings. The van der Waals surface area contributed by atoms with Crippen LogP contribution in [0.15, 0.2) is 54.6 Å². The molecule has 0 bridgehead atoms. The molecule has 2 nitrogen and oxygen atoms in total. The minimum atomic E-state index is 0.505. The molecule has 2 heteroatoms. The summed E-state index contributed by atoms with van der Waals surface area (Å²) in [6.07, 6.45) is 4.05. The molecule has 0 aromatic heterocycles. The van der Waals surface area contributed by atoms with E-state index in [2.05, 4.69) is 64.8 Å². The van der Waals surface area contributed by atoms with Crippen molar-refractivity contribution in [2.45, 2.75) is 25.3 Å². The van der Waals surface area contributed by atoms with E-state index in [0.29, 0.717) is 6.04 Å². The van der Waals surface area contributed by atoms with Crippen molar-refractivity contribution >= 4 is 5.69 Å². The van der Waals surface area contributed by atoms with Crippen molar-refractivity contribution in [2.24, 2.45) is 5.92 Å². The van der Waals surface area contributed by atoms with Crippen LogP contribution in [0.2, 0.25) is 0 Å². The molecular formula is C20H24N2. The summed E-state index contributed by atoms with van der Waals surface area (Å²) in [6.45, 7) is 3.47. The molecule has 1 atom stereocenters. The fourth-order valence-electron chi connectivity index (χ4n) is 3.56. The normalized spacial score (nSPS) is 21.4. The molecule has 0 radical (unpaired) electrons. The number of nitrogens with zero attached hydrogens (tertiary/aromatic N) is 1. The average Bonchev–Trinajstić information content (AvgIpc) is 3.39. The number of nitrogens with one attached hydrogen (secondary N) is 1. The van der Waals surface area contributed by atoms with E-state index in [1.807, 2.05) is 0 Å². The second kappa shape index (κ2) is 6.13. The highest BCUT2D eigenvalue weighted by Gasteiger charge is 2.31. The van der Waals surface area contributed by atoms with Gasteiger partial charge in [0.05, 0.1) is 6.04 Å². The molecule has 2 aromatic rings. The molecule has 4 rings (SSSR count). The third-order valence-electron chi connectivity index (χ3n) is 4.99. The lowest BCUT2D eigenvalue weighted by Crippen LogP contribution is -2.40. The summed E-state index contributed by atoms with van der Waals surface area (Å²) in [5.41, 5.74) is 4.28. The van der Waals surface area contributed by atoms with Gasteiger partial charge in [-0.3, -0.25) is 4.90 Å². The summed E-state index contributed by atoms with van der Waals surface area (Å²) in [5, 5.41) is 3.64. The van der Waals surface area contributed by atoms with Crippen LogP contribution >= 0.6 is 0 Å². The number of hydrogen-bond donors (Lipinski definition) is 1. The standard InChI is InChI=1S/C20H24N2/c1-2-7-18(8-3-1)21-14-20-19-9-5-4-6-17(19)12-13-22(20)15-16-10-11-16/h1-9,16,20-21H,10-15H2. The van der Waals surface area contributed by atoms with Gasteiger partial charge in [0.1, 0.15) is 0 Å². The number of para-hydroxylation sites is 1. The smallest absolute Gasteiger partial charge is 0.0523 e. The topological polar surface area (TPSA) is 15.3 Å². The second-order valence-corrected chi connectivity index (χ2v) is 6.65. The monoisotopic (exact) mass is 292 g/mol. The maximum absolute atomic E-state index is 3.64. The molecule has 1 aliphatic carbocycles. The molecule has 0 amide bonds. The van der Waals surface area contributed by atoms with Crippen molar-refractivity contribution in [3.63, 3.8) is 0 Å². The van der Waals surface area contributed by atoms with Crippen molar-refractivity contribution in [1.29, 1.82) is 0 Å². The first-order chi connectivity index (χ1) is 10.9. The third-order valence-corrected chi connectivity index (χ3v) is 4.99. The Morgan fingerprint density at radius 2 is 1.73 bits per heavy atom. The summed E-state index contributed by atoms with van der Waals surface area (Å²) in [6, 6.07) is 20.1. The molecule has 114 valence electrons. The molecule has 1 aliphatic heterocycles. The van der Waals surface area contributed by atoms with Crippen molar-refractivity contribution in [3.8, 4) is 0 Å². The molecule has 1 saturated carbocycles. The van der Waals surface area contributed by atoms with E-state index in [9.17, 15) is 0 Å². The predicted molar refractivity (Wildman–Crippen MR) is 92.1 cm³/mol. The Hall–Kier alpha value is -1.80. The van der Waals surface area contributed by atoms with Gasteiger partial charge in [-0.2, -0.15) is 0 Å². The number of rotatable bonds is 5. The summed E-state index contributed by atoms with van der Waals surface area (Å²) in [5.74, 6) is 0.949. The van der Waals surface area contributed by atoms with E-state index in [0.717, 1.165) is 12.5 Å². The highest BCUT2D eigenvalue weighted by Crippen LogP contribution is 2.36. The van der Waals surface area contributed by atoms with Crippen LogP contribution in [0.5, 0.6) is 0 Å². The summed E-state index contributed by atoms with van der Waals surface area (Å²) < 4.78 is 0. The highest BCUT2D eigenvalue weighted by molar-refractivity contribution is 5.43. The van der Waals surface area contributed by atoms with Crippen molar-refractivity contribution in [3.05, 3.63) is 65.7 Å². The van der Waals surface area contributed by atoms with Crippen molar-refractivity contribution < 1.29 is 0 Å². The molecule has 0 saturated heterocycles. The minimum Gasteiger partial charge on any atom is -0.383 e. The molecule has 2 aromatic carbocycles. The van der Waals surface area contributed by atoms with Crippen molar-refractivity contribution in [1.82, 2.24) is 4.90 Å². The van der Waals surface area contributed by atoms with Crippen LogP contribution in [0.25, 0.3) is 0 Å². The zero-order chi connectivity index (χ0) is 14.8. The van der Waals surface area contributed by atoms with Crippen LogP contribution in [-0.4, -0.2) is 24.5 Å². The van der Waals surface area contributed by atoms with Gasteiger partial charge in [-0.15, -0.1) is 0 Å². The summed E-state index contributed by atoms with van der Waals surface area (Å²) in [7, 11) is 0. The molecule has 1 fully saturated rings. The Morgan fingerprint density at radius 1 is 0.955 bits per heavy atom. The van der Waals surface area contributed by atoms with E-state index in [1.54, 1.807) is 0 Å². The Labute approximate surface area is 133 Å². The van der Waals surface area contributed by atoms with Crippen LogP contribution in [0.4, 0.5) is 5.69 Å². The van der Waals surface area contributed by atoms with Crippen molar-refractivity contribution in [2.75, 3.05) is 25.0 Å². The van der Waals surface area contributed by atoms with Gasteiger partial charge in [0.2, 0.25) is 0 Å². The van der Waals surface area contributed by atoms with E-state index in [-0.39, 0.29) is 0 Å². The Balaban J connectivity index is 1.53. The van der Waals surface area contributed by atoms with Gasteiger partial charge in [-0.1, -0.05) is 42.5 Å². The van der Waals surface area contributed by atoms with Gasteiger partial charge in [-0.05, 0) is 48.4 Å². The molecule has 1 unspecified atom stereocenters. The van der Waals surface area contributed by atoms with Crippen LogP contribution in [0.1, 0.15) is 30.0 Å². The number of hydrogen-bond acceptors (Lipinski definition) is 2. The van der Waals surface area contributed by atoms with Gasteiger partial charge in [0.25, 0.3) is 0 Å². The lowest BCUT2D eigenvalue weighted by molar-refractivity contribution is 0.185. The number of benzene rings is 2. The van der Waals surface area contributed by atoms with Crippen LogP contribution < -0.4 is 5.32 Å². The quantitative estimate of drug-likeness (QED) is 0.892. The van der Waals surface area contributed by atoms with Gasteiger partial charge < -0.3 is 5.32 Å². The fraction of sp³-hybridized carbons (Fsp3) is 0.400. The molecule has 1 heterocycles. The predicted octanol–water partition coefficient (Wildman–Crippen LogP) is 4.11. The van der Waals surface area contributed by atoms with Gasteiger partial charge in [0, 0.05) is 25.3 Å². The van der Waals surface area contributed by atoms with Gasteiger partial charge in [0.15, 0.2) is 0 Å². The molecular weight excluding hydrogens is 268 g/mol. The number of anilines is 1. The highest BCUT2D eigenvalue weighted by atomic mass is 15.2. The zero-order valence-electron chi connectivity index (χ0n) is 13.0. The summed E-state index contributed by atoms with van der Waals surface area (Å²) >= 11 is 0. The maximum atomic E-state index is 3.64. The van der Waals surface area contributed by atoms with Gasteiger partial charge in [-0.25, -0.2) is 0 Å². The Bertz CT molecular complexity index is 619. The first-order valence-electron chi connectivity index (χ1n) is 8.51. The lowest BCUT2D eigenvalue weighted by atomic mass is 9.92. The lowest BCUT2D eigenvalue weighted by Gasteiger charge is -2.37. The minimum absolute atomic E-state index is 0.505. The largest absolute Gasteiger partial charge is 0.383 e.